The van der Waals surface area contributed by atoms with Gasteiger partial charge in [0.1, 0.15) is 8.07 Å². The Labute approximate surface area is 180 Å². The number of nitrogens with zero attached hydrogens (tertiary/aromatic N) is 1. The maximum Gasteiger partial charge on any atom is 0.269 e. The van der Waals surface area contributed by atoms with Gasteiger partial charge in [-0.1, -0.05) is 59.3 Å². The molecule has 0 N–H and O–H groups in total. The van der Waals surface area contributed by atoms with Gasteiger partial charge in [-0.3, -0.25) is 10.1 Å². The van der Waals surface area contributed by atoms with Gasteiger partial charge in [0.2, 0.25) is 0 Å². The van der Waals surface area contributed by atoms with E-state index in [1.165, 1.54) is 12.1 Å². The maximum absolute atomic E-state index is 10.7. The molecule has 0 bridgehead atoms. The Morgan fingerprint density at radius 3 is 1.81 bits per heavy atom. The molecular formula is C21H25Br2NO2Si. The van der Waals surface area contributed by atoms with Gasteiger partial charge in [-0.05, 0) is 60.6 Å². The molecule has 0 saturated carbocycles. The fourth-order valence-electron chi connectivity index (χ4n) is 3.53. The topological polar surface area (TPSA) is 43.1 Å². The summed E-state index contributed by atoms with van der Waals surface area (Å²) in [4.78, 5) is 10.3. The van der Waals surface area contributed by atoms with Gasteiger partial charge < -0.3 is 0 Å². The minimum Gasteiger partial charge on any atom is -0.258 e. The van der Waals surface area contributed by atoms with E-state index in [1.807, 2.05) is 0 Å². The van der Waals surface area contributed by atoms with Crippen LogP contribution >= 0.6 is 31.9 Å². The summed E-state index contributed by atoms with van der Waals surface area (Å²) in [7, 11) is -1.84. The van der Waals surface area contributed by atoms with Crippen molar-refractivity contribution in [3.63, 3.8) is 0 Å². The molecular weight excluding hydrogens is 486 g/mol. The SMILES string of the molecule is CC(C)[Si](C#CC(C#Cc1ccc([N+](=O)[O-])cc1)=C(Br)Br)(C(C)C)C(C)C. The largest absolute Gasteiger partial charge is 0.269 e. The standard InChI is InChI=1S/C21H25Br2NO2Si/c1-15(2)27(16(3)4,17(5)6)14-13-19(21(22)23)10-7-18-8-11-20(12-9-18)24(25)26/h8-9,11-12,15-17H,1-6H3. The van der Waals surface area contributed by atoms with E-state index < -0.39 is 13.0 Å². The molecule has 0 spiro atoms. The summed E-state index contributed by atoms with van der Waals surface area (Å²) >= 11 is 6.88. The second kappa shape index (κ2) is 10.3. The number of rotatable bonds is 4. The molecule has 3 nitrogen and oxygen atoms in total. The Morgan fingerprint density at radius 1 is 0.963 bits per heavy atom. The number of halogens is 2. The Kier molecular flexibility index (Phi) is 9.01. The number of benzene rings is 1. The van der Waals surface area contributed by atoms with Gasteiger partial charge in [0, 0.05) is 17.7 Å². The normalized spacial score (nSPS) is 10.9. The number of nitro groups is 1. The van der Waals surface area contributed by atoms with Crippen LogP contribution in [0.5, 0.6) is 0 Å². The van der Waals surface area contributed by atoms with Crippen LogP contribution in [0.1, 0.15) is 47.1 Å². The van der Waals surface area contributed by atoms with Crippen LogP contribution in [-0.2, 0) is 0 Å². The summed E-state index contributed by atoms with van der Waals surface area (Å²) in [6.07, 6.45) is 0. The fraction of sp³-hybridized carbons (Fsp3) is 0.429. The molecule has 27 heavy (non-hydrogen) atoms. The van der Waals surface area contributed by atoms with Crippen LogP contribution < -0.4 is 0 Å². The van der Waals surface area contributed by atoms with Crippen LogP contribution in [0.25, 0.3) is 0 Å². The minimum atomic E-state index is -1.84. The minimum absolute atomic E-state index is 0.0550. The van der Waals surface area contributed by atoms with E-state index in [2.05, 4.69) is 96.7 Å². The molecule has 0 amide bonds. The third-order valence-corrected chi connectivity index (χ3v) is 12.0. The molecule has 1 aromatic rings. The lowest BCUT2D eigenvalue weighted by molar-refractivity contribution is -0.384. The first-order valence-corrected chi connectivity index (χ1v) is 12.7. The number of hydrogen-bond acceptors (Lipinski definition) is 2. The maximum atomic E-state index is 10.7. The average molecular weight is 511 g/mol. The fourth-order valence-corrected chi connectivity index (χ4v) is 9.13. The highest BCUT2D eigenvalue weighted by molar-refractivity contribution is 9.28. The number of hydrogen-bond donors (Lipinski definition) is 0. The quantitative estimate of drug-likeness (QED) is 0.186. The highest BCUT2D eigenvalue weighted by Crippen LogP contribution is 2.40. The Bertz CT molecular complexity index is 809. The summed E-state index contributed by atoms with van der Waals surface area (Å²) in [6.45, 7) is 13.6. The first-order chi connectivity index (χ1) is 12.5. The van der Waals surface area contributed by atoms with E-state index >= 15 is 0 Å². The lowest BCUT2D eigenvalue weighted by Crippen LogP contribution is -2.43. The van der Waals surface area contributed by atoms with E-state index in [0.717, 1.165) is 3.39 Å². The highest BCUT2D eigenvalue weighted by Gasteiger charge is 2.41. The van der Waals surface area contributed by atoms with Crippen molar-refractivity contribution in [1.82, 2.24) is 0 Å². The molecule has 6 heteroatoms. The number of nitro benzene ring substituents is 1. The molecule has 0 aliphatic rings. The first kappa shape index (κ1) is 23.7. The molecule has 0 aromatic heterocycles. The summed E-state index contributed by atoms with van der Waals surface area (Å²) < 4.78 is 0.719. The van der Waals surface area contributed by atoms with Crippen molar-refractivity contribution in [2.45, 2.75) is 58.2 Å². The van der Waals surface area contributed by atoms with Gasteiger partial charge in [0.05, 0.1) is 13.9 Å². The Morgan fingerprint density at radius 2 is 1.44 bits per heavy atom. The molecule has 0 aliphatic carbocycles. The van der Waals surface area contributed by atoms with Crippen molar-refractivity contribution in [2.75, 3.05) is 0 Å². The predicted molar refractivity (Wildman–Crippen MR) is 124 cm³/mol. The van der Waals surface area contributed by atoms with E-state index in [1.54, 1.807) is 12.1 Å². The Balaban J connectivity index is 3.30. The van der Waals surface area contributed by atoms with Crippen molar-refractivity contribution in [2.24, 2.45) is 0 Å². The molecule has 0 heterocycles. The zero-order valence-electron chi connectivity index (χ0n) is 16.6. The molecule has 0 radical (unpaired) electrons. The monoisotopic (exact) mass is 509 g/mol. The molecule has 0 atom stereocenters. The lowest BCUT2D eigenvalue weighted by Gasteiger charge is -2.38. The van der Waals surface area contributed by atoms with E-state index in [9.17, 15) is 10.1 Å². The van der Waals surface area contributed by atoms with Gasteiger partial charge in [0.25, 0.3) is 5.69 Å². The number of allylic oxidation sites excluding steroid dienone is 1. The zero-order chi connectivity index (χ0) is 20.8. The van der Waals surface area contributed by atoms with Crippen molar-refractivity contribution >= 4 is 45.6 Å². The summed E-state index contributed by atoms with van der Waals surface area (Å²) in [6, 6.07) is 6.20. The average Bonchev–Trinajstić information content (AvgIpc) is 2.57. The van der Waals surface area contributed by atoms with Crippen LogP contribution in [0.3, 0.4) is 0 Å². The summed E-state index contributed by atoms with van der Waals surface area (Å²) in [5.74, 6) is 9.45. The van der Waals surface area contributed by atoms with Crippen LogP contribution in [0.2, 0.25) is 16.6 Å². The van der Waals surface area contributed by atoms with E-state index in [-0.39, 0.29) is 5.69 Å². The van der Waals surface area contributed by atoms with Crippen LogP contribution in [-0.4, -0.2) is 13.0 Å². The molecule has 1 aromatic carbocycles. The van der Waals surface area contributed by atoms with Crippen LogP contribution in [0, 0.1) is 33.4 Å². The predicted octanol–water partition coefficient (Wildman–Crippen LogP) is 7.17. The van der Waals surface area contributed by atoms with Gasteiger partial charge in [0.15, 0.2) is 0 Å². The molecule has 0 aliphatic heterocycles. The molecule has 0 fully saturated rings. The van der Waals surface area contributed by atoms with Crippen molar-refractivity contribution < 1.29 is 4.92 Å². The van der Waals surface area contributed by atoms with Crippen LogP contribution in [0.15, 0.2) is 33.2 Å². The third kappa shape index (κ3) is 6.07. The highest BCUT2D eigenvalue weighted by atomic mass is 79.9. The zero-order valence-corrected chi connectivity index (χ0v) is 20.7. The van der Waals surface area contributed by atoms with E-state index in [4.69, 9.17) is 0 Å². The summed E-state index contributed by atoms with van der Waals surface area (Å²) in [5.41, 5.74) is 6.74. The smallest absolute Gasteiger partial charge is 0.258 e. The van der Waals surface area contributed by atoms with Crippen molar-refractivity contribution in [3.8, 4) is 23.3 Å². The second-order valence-corrected chi connectivity index (χ2v) is 15.6. The Hall–Kier alpha value is -1.34. The molecule has 144 valence electrons. The summed E-state index contributed by atoms with van der Waals surface area (Å²) in [5, 5.41) is 10.7. The molecule has 0 saturated heterocycles. The van der Waals surface area contributed by atoms with Crippen LogP contribution in [0.4, 0.5) is 5.69 Å². The number of non-ortho nitro benzene ring substituents is 1. The van der Waals surface area contributed by atoms with Gasteiger partial charge >= 0.3 is 0 Å². The molecule has 0 unspecified atom stereocenters. The van der Waals surface area contributed by atoms with Gasteiger partial charge in [-0.15, -0.1) is 5.54 Å². The lowest BCUT2D eigenvalue weighted by atomic mass is 10.2. The molecule has 1 rings (SSSR count). The van der Waals surface area contributed by atoms with E-state index in [0.29, 0.717) is 27.8 Å². The van der Waals surface area contributed by atoms with Gasteiger partial charge in [-0.25, -0.2) is 0 Å². The third-order valence-electron chi connectivity index (χ3n) is 4.87. The van der Waals surface area contributed by atoms with Crippen molar-refractivity contribution in [3.05, 3.63) is 48.9 Å². The van der Waals surface area contributed by atoms with Gasteiger partial charge in [-0.2, -0.15) is 0 Å². The first-order valence-electron chi connectivity index (χ1n) is 8.87. The second-order valence-electron chi connectivity index (χ2n) is 7.34. The van der Waals surface area contributed by atoms with Crippen molar-refractivity contribution in [1.29, 1.82) is 0 Å².